The highest BCUT2D eigenvalue weighted by atomic mass is 16.1. The van der Waals surface area contributed by atoms with E-state index in [0.717, 1.165) is 18.4 Å². The lowest BCUT2D eigenvalue weighted by Gasteiger charge is -2.07. The van der Waals surface area contributed by atoms with Crippen molar-refractivity contribution in [3.63, 3.8) is 0 Å². The molecule has 0 aromatic carbocycles. The predicted molar refractivity (Wildman–Crippen MR) is 68.5 cm³/mol. The van der Waals surface area contributed by atoms with E-state index in [1.165, 1.54) is 0 Å². The van der Waals surface area contributed by atoms with Gasteiger partial charge in [-0.1, -0.05) is 13.8 Å². The van der Waals surface area contributed by atoms with E-state index in [0.29, 0.717) is 24.7 Å². The Hall–Kier alpha value is -1.42. The molecule has 0 radical (unpaired) electrons. The van der Waals surface area contributed by atoms with Crippen LogP contribution in [0.2, 0.25) is 0 Å². The van der Waals surface area contributed by atoms with Gasteiger partial charge in [0.25, 0.3) is 5.91 Å². The Bertz CT molecular complexity index is 363. The van der Waals surface area contributed by atoms with Gasteiger partial charge in [0.05, 0.1) is 0 Å². The zero-order chi connectivity index (χ0) is 12.7. The topological polar surface area (TPSA) is 68.0 Å². The first kappa shape index (κ1) is 13.6. The highest BCUT2D eigenvalue weighted by Crippen LogP contribution is 2.03. The summed E-state index contributed by atoms with van der Waals surface area (Å²) in [6, 6.07) is 3.55. The summed E-state index contributed by atoms with van der Waals surface area (Å²) in [4.78, 5) is 15.8. The van der Waals surface area contributed by atoms with Crippen molar-refractivity contribution in [1.82, 2.24) is 10.3 Å². The van der Waals surface area contributed by atoms with Crippen LogP contribution in [-0.2, 0) is 6.54 Å². The number of nitrogens with zero attached hydrogens (tertiary/aromatic N) is 1. The molecule has 0 spiro atoms. The third kappa shape index (κ3) is 4.95. The Morgan fingerprint density at radius 3 is 2.94 bits per heavy atom. The summed E-state index contributed by atoms with van der Waals surface area (Å²) in [5, 5.41) is 2.86. The summed E-state index contributed by atoms with van der Waals surface area (Å²) in [5.74, 6) is 0.551. The van der Waals surface area contributed by atoms with Crippen molar-refractivity contribution in [3.8, 4) is 0 Å². The predicted octanol–water partition coefficient (Wildman–Crippen LogP) is 1.71. The molecular weight excluding hydrogens is 214 g/mol. The molecule has 1 aromatic rings. The monoisotopic (exact) mass is 235 g/mol. The van der Waals surface area contributed by atoms with Gasteiger partial charge in [-0.25, -0.2) is 0 Å². The zero-order valence-corrected chi connectivity index (χ0v) is 10.6. The van der Waals surface area contributed by atoms with E-state index in [4.69, 9.17) is 5.73 Å². The second-order valence-electron chi connectivity index (χ2n) is 4.55. The summed E-state index contributed by atoms with van der Waals surface area (Å²) in [6.07, 6.45) is 3.74. The minimum absolute atomic E-state index is 0.121. The van der Waals surface area contributed by atoms with Crippen LogP contribution in [0.1, 0.15) is 42.7 Å². The molecule has 17 heavy (non-hydrogen) atoms. The lowest BCUT2D eigenvalue weighted by molar-refractivity contribution is 0.0947. The van der Waals surface area contributed by atoms with Crippen LogP contribution in [0.15, 0.2) is 18.3 Å². The van der Waals surface area contributed by atoms with Gasteiger partial charge in [0.1, 0.15) is 5.69 Å². The van der Waals surface area contributed by atoms with Crippen LogP contribution in [0.25, 0.3) is 0 Å². The number of rotatable bonds is 6. The SMILES string of the molecule is CC(C)CCCNC(=O)c1cc(CN)ccn1. The van der Waals surface area contributed by atoms with Gasteiger partial charge >= 0.3 is 0 Å². The molecule has 0 aliphatic rings. The fraction of sp³-hybridized carbons (Fsp3) is 0.538. The normalized spacial score (nSPS) is 10.6. The maximum Gasteiger partial charge on any atom is 0.269 e. The van der Waals surface area contributed by atoms with Crippen molar-refractivity contribution < 1.29 is 4.79 Å². The average molecular weight is 235 g/mol. The largest absolute Gasteiger partial charge is 0.351 e. The molecule has 0 aliphatic heterocycles. The van der Waals surface area contributed by atoms with Crippen LogP contribution in [0, 0.1) is 5.92 Å². The van der Waals surface area contributed by atoms with Gasteiger partial charge in [-0.05, 0) is 36.5 Å². The Morgan fingerprint density at radius 2 is 2.29 bits per heavy atom. The number of carbonyl (C=O) groups is 1. The Labute approximate surface area is 103 Å². The maximum atomic E-state index is 11.7. The van der Waals surface area contributed by atoms with Crippen LogP contribution < -0.4 is 11.1 Å². The first-order valence-corrected chi connectivity index (χ1v) is 6.06. The Morgan fingerprint density at radius 1 is 1.53 bits per heavy atom. The number of carbonyl (C=O) groups excluding carboxylic acids is 1. The summed E-state index contributed by atoms with van der Waals surface area (Å²) in [7, 11) is 0. The molecule has 4 heteroatoms. The van der Waals surface area contributed by atoms with E-state index in [9.17, 15) is 4.79 Å². The van der Waals surface area contributed by atoms with Gasteiger partial charge in [0, 0.05) is 19.3 Å². The minimum Gasteiger partial charge on any atom is -0.351 e. The highest BCUT2D eigenvalue weighted by molar-refractivity contribution is 5.92. The van der Waals surface area contributed by atoms with Gasteiger partial charge in [-0.15, -0.1) is 0 Å². The van der Waals surface area contributed by atoms with E-state index >= 15 is 0 Å². The summed E-state index contributed by atoms with van der Waals surface area (Å²) in [5.41, 5.74) is 6.88. The molecule has 1 aromatic heterocycles. The number of hydrogen-bond donors (Lipinski definition) is 2. The fourth-order valence-corrected chi connectivity index (χ4v) is 1.53. The molecule has 0 atom stereocenters. The highest BCUT2D eigenvalue weighted by Gasteiger charge is 2.06. The summed E-state index contributed by atoms with van der Waals surface area (Å²) < 4.78 is 0. The van der Waals surface area contributed by atoms with Gasteiger partial charge in [-0.2, -0.15) is 0 Å². The molecule has 0 fully saturated rings. The van der Waals surface area contributed by atoms with Gasteiger partial charge in [-0.3, -0.25) is 9.78 Å². The number of hydrogen-bond acceptors (Lipinski definition) is 3. The van der Waals surface area contributed by atoms with E-state index in [1.54, 1.807) is 12.3 Å². The van der Waals surface area contributed by atoms with Gasteiger partial charge < -0.3 is 11.1 Å². The van der Waals surface area contributed by atoms with Crippen molar-refractivity contribution in [2.24, 2.45) is 11.7 Å². The van der Waals surface area contributed by atoms with Gasteiger partial charge in [0.15, 0.2) is 0 Å². The minimum atomic E-state index is -0.121. The second kappa shape index (κ2) is 7.01. The number of nitrogens with two attached hydrogens (primary N) is 1. The lowest BCUT2D eigenvalue weighted by atomic mass is 10.1. The first-order chi connectivity index (χ1) is 8.13. The van der Waals surface area contributed by atoms with Crippen molar-refractivity contribution in [3.05, 3.63) is 29.6 Å². The Kier molecular flexibility index (Phi) is 5.63. The summed E-state index contributed by atoms with van der Waals surface area (Å²) >= 11 is 0. The molecule has 0 saturated heterocycles. The number of pyridine rings is 1. The molecule has 0 unspecified atom stereocenters. The molecule has 3 N–H and O–H groups in total. The van der Waals surface area contributed by atoms with Crippen molar-refractivity contribution in [1.29, 1.82) is 0 Å². The molecule has 4 nitrogen and oxygen atoms in total. The van der Waals surface area contributed by atoms with E-state index in [-0.39, 0.29) is 5.91 Å². The molecular formula is C13H21N3O. The van der Waals surface area contributed by atoms with Crippen LogP contribution in [0.4, 0.5) is 0 Å². The third-order valence-corrected chi connectivity index (χ3v) is 2.54. The van der Waals surface area contributed by atoms with Crippen LogP contribution in [0.5, 0.6) is 0 Å². The quantitative estimate of drug-likeness (QED) is 0.737. The van der Waals surface area contributed by atoms with Crippen LogP contribution >= 0.6 is 0 Å². The summed E-state index contributed by atoms with van der Waals surface area (Å²) in [6.45, 7) is 5.48. The average Bonchev–Trinajstić information content (AvgIpc) is 2.34. The first-order valence-electron chi connectivity index (χ1n) is 6.06. The number of nitrogens with one attached hydrogen (secondary N) is 1. The van der Waals surface area contributed by atoms with Crippen molar-refractivity contribution >= 4 is 5.91 Å². The maximum absolute atomic E-state index is 11.7. The Balaban J connectivity index is 2.41. The number of aromatic nitrogens is 1. The molecule has 1 rings (SSSR count). The molecule has 1 heterocycles. The van der Waals surface area contributed by atoms with Crippen LogP contribution in [0.3, 0.4) is 0 Å². The molecule has 94 valence electrons. The fourth-order valence-electron chi connectivity index (χ4n) is 1.53. The van der Waals surface area contributed by atoms with E-state index in [2.05, 4.69) is 24.1 Å². The zero-order valence-electron chi connectivity index (χ0n) is 10.6. The number of amides is 1. The standard InChI is InChI=1S/C13H21N3O/c1-10(2)4-3-6-16-13(17)12-8-11(9-14)5-7-15-12/h5,7-8,10H,3-4,6,9,14H2,1-2H3,(H,16,17). The van der Waals surface area contributed by atoms with Crippen molar-refractivity contribution in [2.45, 2.75) is 33.2 Å². The molecule has 0 bridgehead atoms. The lowest BCUT2D eigenvalue weighted by Crippen LogP contribution is -2.25. The molecule has 1 amide bonds. The smallest absolute Gasteiger partial charge is 0.269 e. The van der Waals surface area contributed by atoms with E-state index in [1.807, 2.05) is 6.07 Å². The third-order valence-electron chi connectivity index (χ3n) is 2.54. The molecule has 0 saturated carbocycles. The van der Waals surface area contributed by atoms with Crippen molar-refractivity contribution in [2.75, 3.05) is 6.54 Å². The van der Waals surface area contributed by atoms with Crippen LogP contribution in [-0.4, -0.2) is 17.4 Å². The molecule has 0 aliphatic carbocycles. The van der Waals surface area contributed by atoms with E-state index < -0.39 is 0 Å². The second-order valence-corrected chi connectivity index (χ2v) is 4.55. The van der Waals surface area contributed by atoms with Gasteiger partial charge in [0.2, 0.25) is 0 Å².